The lowest BCUT2D eigenvalue weighted by Gasteiger charge is -2.19. The Kier molecular flexibility index (Phi) is 5.58. The molecule has 0 aromatic heterocycles. The highest BCUT2D eigenvalue weighted by molar-refractivity contribution is 9.10. The number of nitrogens with one attached hydrogen (secondary N) is 1. The molecule has 0 amide bonds. The number of nitrogens with two attached hydrogens (primary N) is 1. The monoisotopic (exact) mass is 372 g/mol. The van der Waals surface area contributed by atoms with Gasteiger partial charge in [0.15, 0.2) is 11.6 Å². The van der Waals surface area contributed by atoms with E-state index in [0.717, 1.165) is 10.0 Å². The summed E-state index contributed by atoms with van der Waals surface area (Å²) in [5, 5.41) is 0.565. The summed E-state index contributed by atoms with van der Waals surface area (Å²) in [6, 6.07) is 10.2. The Hall–Kier alpha value is -1.14. The van der Waals surface area contributed by atoms with E-state index in [9.17, 15) is 4.39 Å². The first-order valence-electron chi connectivity index (χ1n) is 6.29. The van der Waals surface area contributed by atoms with Crippen molar-refractivity contribution in [2.75, 3.05) is 7.11 Å². The fourth-order valence-corrected chi connectivity index (χ4v) is 2.94. The van der Waals surface area contributed by atoms with Crippen LogP contribution in [0.3, 0.4) is 0 Å². The van der Waals surface area contributed by atoms with E-state index in [0.29, 0.717) is 17.0 Å². The lowest BCUT2D eigenvalue weighted by molar-refractivity contribution is 0.382. The summed E-state index contributed by atoms with van der Waals surface area (Å²) in [6.07, 6.45) is 0.362. The lowest BCUT2D eigenvalue weighted by Crippen LogP contribution is -2.30. The zero-order valence-electron chi connectivity index (χ0n) is 11.4. The van der Waals surface area contributed by atoms with E-state index in [1.165, 1.54) is 7.11 Å². The van der Waals surface area contributed by atoms with Crippen LogP contribution in [0.5, 0.6) is 5.75 Å². The molecule has 3 nitrogen and oxygen atoms in total. The summed E-state index contributed by atoms with van der Waals surface area (Å²) in [4.78, 5) is 0. The molecular weight excluding hydrogens is 359 g/mol. The second-order valence-electron chi connectivity index (χ2n) is 4.52. The first kappa shape index (κ1) is 16.2. The Balaban J connectivity index is 2.31. The van der Waals surface area contributed by atoms with Crippen LogP contribution in [0.25, 0.3) is 0 Å². The number of halogens is 3. The molecule has 0 saturated heterocycles. The van der Waals surface area contributed by atoms with Crippen molar-refractivity contribution in [2.24, 2.45) is 5.84 Å². The van der Waals surface area contributed by atoms with Crippen molar-refractivity contribution in [2.45, 2.75) is 12.5 Å². The van der Waals surface area contributed by atoms with Gasteiger partial charge in [-0.25, -0.2) is 4.39 Å². The van der Waals surface area contributed by atoms with Crippen molar-refractivity contribution >= 4 is 27.5 Å². The first-order valence-corrected chi connectivity index (χ1v) is 7.46. The van der Waals surface area contributed by atoms with E-state index < -0.39 is 0 Å². The number of hydrogen-bond acceptors (Lipinski definition) is 3. The number of benzene rings is 2. The Bertz CT molecular complexity index is 639. The van der Waals surface area contributed by atoms with Crippen LogP contribution in [0, 0.1) is 5.82 Å². The minimum Gasteiger partial charge on any atom is -0.494 e. The largest absolute Gasteiger partial charge is 0.494 e. The molecule has 112 valence electrons. The third-order valence-corrected chi connectivity index (χ3v) is 4.05. The zero-order valence-corrected chi connectivity index (χ0v) is 13.7. The van der Waals surface area contributed by atoms with Crippen LogP contribution in [-0.2, 0) is 6.42 Å². The van der Waals surface area contributed by atoms with Gasteiger partial charge in [0, 0.05) is 9.50 Å². The van der Waals surface area contributed by atoms with Gasteiger partial charge in [0.25, 0.3) is 0 Å². The van der Waals surface area contributed by atoms with Gasteiger partial charge in [-0.05, 0) is 35.7 Å². The second kappa shape index (κ2) is 7.22. The Morgan fingerprint density at radius 2 is 2.14 bits per heavy atom. The van der Waals surface area contributed by atoms with Gasteiger partial charge in [-0.15, -0.1) is 0 Å². The molecule has 0 spiro atoms. The fourth-order valence-electron chi connectivity index (χ4n) is 2.13. The second-order valence-corrected chi connectivity index (χ2v) is 5.85. The average molecular weight is 374 g/mol. The molecule has 6 heteroatoms. The van der Waals surface area contributed by atoms with Crippen molar-refractivity contribution < 1.29 is 9.13 Å². The quantitative estimate of drug-likeness (QED) is 0.615. The first-order chi connectivity index (χ1) is 10.1. The molecular formula is C15H15BrClFN2O. The van der Waals surface area contributed by atoms with Crippen LogP contribution in [0.1, 0.15) is 17.2 Å². The third-order valence-electron chi connectivity index (χ3n) is 3.23. The van der Waals surface area contributed by atoms with Gasteiger partial charge in [-0.2, -0.15) is 0 Å². The van der Waals surface area contributed by atoms with Crippen molar-refractivity contribution in [3.63, 3.8) is 0 Å². The maximum Gasteiger partial charge on any atom is 0.168 e. The predicted octanol–water partition coefficient (Wildman–Crippen LogP) is 4.00. The molecule has 0 fully saturated rings. The van der Waals surface area contributed by atoms with Crippen LogP contribution >= 0.6 is 27.5 Å². The van der Waals surface area contributed by atoms with Crippen LogP contribution in [0.2, 0.25) is 5.02 Å². The van der Waals surface area contributed by atoms with Crippen LogP contribution in [0.15, 0.2) is 40.9 Å². The number of hydrazine groups is 1. The third kappa shape index (κ3) is 3.74. The molecule has 2 aromatic rings. The molecule has 0 aliphatic rings. The molecule has 0 radical (unpaired) electrons. The van der Waals surface area contributed by atoms with Gasteiger partial charge in [-0.3, -0.25) is 11.3 Å². The van der Waals surface area contributed by atoms with E-state index in [2.05, 4.69) is 21.4 Å². The Morgan fingerprint density at radius 1 is 1.38 bits per heavy atom. The van der Waals surface area contributed by atoms with Crippen LogP contribution < -0.4 is 16.0 Å². The van der Waals surface area contributed by atoms with Crippen LogP contribution in [-0.4, -0.2) is 7.11 Å². The summed E-state index contributed by atoms with van der Waals surface area (Å²) in [5.74, 6) is 5.44. The van der Waals surface area contributed by atoms with Gasteiger partial charge in [-0.1, -0.05) is 45.7 Å². The highest BCUT2D eigenvalue weighted by Gasteiger charge is 2.17. The Morgan fingerprint density at radius 3 is 2.76 bits per heavy atom. The lowest BCUT2D eigenvalue weighted by atomic mass is 9.99. The molecule has 21 heavy (non-hydrogen) atoms. The summed E-state index contributed by atoms with van der Waals surface area (Å²) >= 11 is 9.58. The van der Waals surface area contributed by atoms with Crippen molar-refractivity contribution in [1.29, 1.82) is 0 Å². The standard InChI is InChI=1S/C15H15BrClFN2O/c1-21-14-4-2-3-9(15(14)18)7-13(20-19)11-6-5-10(16)8-12(11)17/h2-6,8,13,20H,7,19H2,1H3. The van der Waals surface area contributed by atoms with E-state index in [1.807, 2.05) is 12.1 Å². The normalized spacial score (nSPS) is 12.2. The fraction of sp³-hybridized carbons (Fsp3) is 0.200. The van der Waals surface area contributed by atoms with Gasteiger partial charge < -0.3 is 4.74 Å². The molecule has 2 aromatic carbocycles. The van der Waals surface area contributed by atoms with E-state index in [-0.39, 0.29) is 17.6 Å². The van der Waals surface area contributed by atoms with Gasteiger partial charge >= 0.3 is 0 Å². The van der Waals surface area contributed by atoms with E-state index in [1.54, 1.807) is 24.3 Å². The van der Waals surface area contributed by atoms with Crippen molar-refractivity contribution in [3.05, 3.63) is 62.8 Å². The van der Waals surface area contributed by atoms with Gasteiger partial charge in [0.05, 0.1) is 13.2 Å². The molecule has 3 N–H and O–H groups in total. The maximum atomic E-state index is 14.2. The molecule has 0 aliphatic heterocycles. The smallest absolute Gasteiger partial charge is 0.168 e. The number of hydrogen-bond donors (Lipinski definition) is 2. The molecule has 0 bridgehead atoms. The topological polar surface area (TPSA) is 47.3 Å². The summed E-state index contributed by atoms with van der Waals surface area (Å²) < 4.78 is 20.1. The highest BCUT2D eigenvalue weighted by atomic mass is 79.9. The minimum absolute atomic E-state index is 0.213. The summed E-state index contributed by atoms with van der Waals surface area (Å²) in [6.45, 7) is 0. The summed E-state index contributed by atoms with van der Waals surface area (Å²) in [7, 11) is 1.44. The van der Waals surface area contributed by atoms with Gasteiger partial charge in [0.2, 0.25) is 0 Å². The predicted molar refractivity (Wildman–Crippen MR) is 85.9 cm³/mol. The molecule has 0 saturated carbocycles. The van der Waals surface area contributed by atoms with Gasteiger partial charge in [0.1, 0.15) is 0 Å². The minimum atomic E-state index is -0.381. The average Bonchev–Trinajstić information content (AvgIpc) is 2.47. The molecule has 2 rings (SSSR count). The molecule has 0 heterocycles. The number of rotatable bonds is 5. The highest BCUT2D eigenvalue weighted by Crippen LogP contribution is 2.30. The van der Waals surface area contributed by atoms with E-state index >= 15 is 0 Å². The van der Waals surface area contributed by atoms with Crippen molar-refractivity contribution in [3.8, 4) is 5.75 Å². The Labute approximate surface area is 136 Å². The maximum absolute atomic E-state index is 14.2. The summed E-state index contributed by atoms with van der Waals surface area (Å²) in [5.41, 5.74) is 4.00. The zero-order chi connectivity index (χ0) is 15.4. The molecule has 0 aliphatic carbocycles. The SMILES string of the molecule is COc1cccc(CC(NN)c2ccc(Br)cc2Cl)c1F. The number of methoxy groups -OCH3 is 1. The number of ether oxygens (including phenoxy) is 1. The van der Waals surface area contributed by atoms with E-state index in [4.69, 9.17) is 22.2 Å². The van der Waals surface area contributed by atoms with Crippen molar-refractivity contribution in [1.82, 2.24) is 5.43 Å². The molecule has 1 atom stereocenters. The molecule has 1 unspecified atom stereocenters. The van der Waals surface area contributed by atoms with Crippen LogP contribution in [0.4, 0.5) is 4.39 Å².